The van der Waals surface area contributed by atoms with Crippen LogP contribution in [0.15, 0.2) is 42.6 Å². The van der Waals surface area contributed by atoms with Gasteiger partial charge in [0.1, 0.15) is 5.82 Å². The molecule has 0 amide bonds. The minimum atomic E-state index is -4.49. The van der Waals surface area contributed by atoms with Gasteiger partial charge in [0.25, 0.3) is 0 Å². The average molecular weight is 345 g/mol. The number of pyridine rings is 1. The van der Waals surface area contributed by atoms with E-state index in [0.717, 1.165) is 6.07 Å². The zero-order chi connectivity index (χ0) is 17.1. The molecule has 1 heterocycles. The number of para-hydroxylation sites is 1. The lowest BCUT2D eigenvalue weighted by Crippen LogP contribution is -2.14. The zero-order valence-electron chi connectivity index (χ0n) is 12.1. The van der Waals surface area contributed by atoms with Crippen LogP contribution in [0.3, 0.4) is 0 Å². The predicted molar refractivity (Wildman–Crippen MR) is 82.0 cm³/mol. The number of nitrogens with zero attached hydrogens (tertiary/aromatic N) is 1. The van der Waals surface area contributed by atoms with Gasteiger partial charge >= 0.3 is 6.18 Å². The van der Waals surface area contributed by atoms with Crippen molar-refractivity contribution in [2.75, 3.05) is 15.8 Å². The molecular formula is C14H14F3N3O2S. The second kappa shape index (κ2) is 6.45. The van der Waals surface area contributed by atoms with E-state index in [1.54, 1.807) is 0 Å². The highest BCUT2D eigenvalue weighted by Gasteiger charge is 2.33. The molecule has 2 aromatic rings. The molecule has 9 heteroatoms. The first-order chi connectivity index (χ1) is 10.7. The van der Waals surface area contributed by atoms with Crippen molar-refractivity contribution in [2.24, 2.45) is 0 Å². The number of nitrogens with one attached hydrogen (secondary N) is 2. The van der Waals surface area contributed by atoms with E-state index >= 15 is 0 Å². The van der Waals surface area contributed by atoms with E-state index < -0.39 is 21.8 Å². The van der Waals surface area contributed by atoms with Gasteiger partial charge in [-0.15, -0.1) is 0 Å². The van der Waals surface area contributed by atoms with Gasteiger partial charge in [0.15, 0.2) is 0 Å². The molecule has 23 heavy (non-hydrogen) atoms. The Morgan fingerprint density at radius 3 is 2.39 bits per heavy atom. The Hall–Kier alpha value is -2.29. The standard InChI is InChI=1S/C14H14F3N3O2S/c1-2-23(21,22)20-10-7-8-13(18-9-10)19-12-6-4-3-5-11(12)14(15,16)17/h3-9,20H,2H2,1H3,(H,18,19). The minimum absolute atomic E-state index is 0.0913. The van der Waals surface area contributed by atoms with E-state index in [9.17, 15) is 21.6 Å². The number of benzene rings is 1. The van der Waals surface area contributed by atoms with Gasteiger partial charge in [-0.2, -0.15) is 13.2 Å². The van der Waals surface area contributed by atoms with Gasteiger partial charge < -0.3 is 5.32 Å². The Morgan fingerprint density at radius 1 is 1.13 bits per heavy atom. The van der Waals surface area contributed by atoms with Crippen molar-refractivity contribution in [3.63, 3.8) is 0 Å². The summed E-state index contributed by atoms with van der Waals surface area (Å²) in [6.45, 7) is 1.49. The van der Waals surface area contributed by atoms with E-state index in [0.29, 0.717) is 0 Å². The third kappa shape index (κ3) is 4.59. The SMILES string of the molecule is CCS(=O)(=O)Nc1ccc(Nc2ccccc2C(F)(F)F)nc1. The zero-order valence-corrected chi connectivity index (χ0v) is 12.9. The predicted octanol–water partition coefficient (Wildman–Crippen LogP) is 3.61. The van der Waals surface area contributed by atoms with Crippen molar-refractivity contribution in [3.05, 3.63) is 48.2 Å². The number of hydrogen-bond acceptors (Lipinski definition) is 4. The molecule has 0 bridgehead atoms. The number of anilines is 3. The monoisotopic (exact) mass is 345 g/mol. The van der Waals surface area contributed by atoms with Crippen molar-refractivity contribution < 1.29 is 21.6 Å². The van der Waals surface area contributed by atoms with E-state index in [1.165, 1.54) is 43.5 Å². The summed E-state index contributed by atoms with van der Waals surface area (Å²) in [5, 5.41) is 2.57. The summed E-state index contributed by atoms with van der Waals surface area (Å²) in [4.78, 5) is 3.91. The molecular weight excluding hydrogens is 331 g/mol. The Bertz CT molecular complexity index is 775. The van der Waals surface area contributed by atoms with E-state index in [2.05, 4.69) is 15.0 Å². The summed E-state index contributed by atoms with van der Waals surface area (Å²) in [7, 11) is -3.43. The lowest BCUT2D eigenvalue weighted by Gasteiger charge is -2.14. The van der Waals surface area contributed by atoms with Crippen molar-refractivity contribution >= 4 is 27.2 Å². The molecule has 5 nitrogen and oxygen atoms in total. The highest BCUT2D eigenvalue weighted by atomic mass is 32.2. The van der Waals surface area contributed by atoms with Crippen molar-refractivity contribution in [3.8, 4) is 0 Å². The lowest BCUT2D eigenvalue weighted by molar-refractivity contribution is -0.136. The van der Waals surface area contributed by atoms with Crippen molar-refractivity contribution in [2.45, 2.75) is 13.1 Å². The van der Waals surface area contributed by atoms with Crippen LogP contribution in [-0.4, -0.2) is 19.2 Å². The molecule has 0 spiro atoms. The first kappa shape index (κ1) is 17.1. The highest BCUT2D eigenvalue weighted by molar-refractivity contribution is 7.92. The largest absolute Gasteiger partial charge is 0.418 e. The average Bonchev–Trinajstić information content (AvgIpc) is 2.48. The number of halogens is 3. The van der Waals surface area contributed by atoms with Gasteiger partial charge in [-0.3, -0.25) is 4.72 Å². The quantitative estimate of drug-likeness (QED) is 0.868. The molecule has 0 saturated carbocycles. The van der Waals surface area contributed by atoms with Crippen LogP contribution in [0.4, 0.5) is 30.4 Å². The lowest BCUT2D eigenvalue weighted by atomic mass is 10.1. The summed E-state index contributed by atoms with van der Waals surface area (Å²) in [5.41, 5.74) is -0.701. The summed E-state index contributed by atoms with van der Waals surface area (Å²) < 4.78 is 63.8. The van der Waals surface area contributed by atoms with Crippen molar-refractivity contribution in [1.29, 1.82) is 0 Å². The van der Waals surface area contributed by atoms with E-state index in [1.807, 2.05) is 0 Å². The Balaban J connectivity index is 2.20. The fourth-order valence-corrected chi connectivity index (χ4v) is 2.38. The maximum Gasteiger partial charge on any atom is 0.418 e. The molecule has 0 unspecified atom stereocenters. The minimum Gasteiger partial charge on any atom is -0.340 e. The molecule has 2 N–H and O–H groups in total. The van der Waals surface area contributed by atoms with Crippen LogP contribution in [0.1, 0.15) is 12.5 Å². The highest BCUT2D eigenvalue weighted by Crippen LogP contribution is 2.35. The Labute approximate surface area is 131 Å². The van der Waals surface area contributed by atoms with Crippen LogP contribution in [0.2, 0.25) is 0 Å². The molecule has 0 radical (unpaired) electrons. The van der Waals surface area contributed by atoms with Crippen LogP contribution in [-0.2, 0) is 16.2 Å². The summed E-state index contributed by atoms with van der Waals surface area (Å²) >= 11 is 0. The first-order valence-corrected chi connectivity index (χ1v) is 8.26. The number of hydrogen-bond donors (Lipinski definition) is 2. The van der Waals surface area contributed by atoms with Gasteiger partial charge in [-0.1, -0.05) is 12.1 Å². The topological polar surface area (TPSA) is 71.1 Å². The van der Waals surface area contributed by atoms with Gasteiger partial charge in [-0.05, 0) is 31.2 Å². The molecule has 1 aromatic carbocycles. The number of alkyl halides is 3. The van der Waals surface area contributed by atoms with Gasteiger partial charge in [0.2, 0.25) is 10.0 Å². The number of sulfonamides is 1. The van der Waals surface area contributed by atoms with Crippen LogP contribution in [0.25, 0.3) is 0 Å². The molecule has 1 aromatic heterocycles. The van der Waals surface area contributed by atoms with E-state index in [4.69, 9.17) is 0 Å². The smallest absolute Gasteiger partial charge is 0.340 e. The summed E-state index contributed by atoms with van der Waals surface area (Å²) in [5.74, 6) is 0.0764. The molecule has 0 atom stereocenters. The van der Waals surface area contributed by atoms with E-state index in [-0.39, 0.29) is 22.9 Å². The first-order valence-electron chi connectivity index (χ1n) is 6.61. The summed E-state index contributed by atoms with van der Waals surface area (Å²) in [6.07, 6.45) is -3.26. The number of rotatable bonds is 5. The van der Waals surface area contributed by atoms with Crippen LogP contribution in [0, 0.1) is 0 Å². The maximum absolute atomic E-state index is 12.9. The van der Waals surface area contributed by atoms with Crippen LogP contribution >= 0.6 is 0 Å². The van der Waals surface area contributed by atoms with Gasteiger partial charge in [0, 0.05) is 0 Å². The number of aromatic nitrogens is 1. The molecule has 2 rings (SSSR count). The third-order valence-corrected chi connectivity index (χ3v) is 4.22. The van der Waals surface area contributed by atoms with Crippen LogP contribution in [0.5, 0.6) is 0 Å². The molecule has 0 saturated heterocycles. The van der Waals surface area contributed by atoms with Gasteiger partial charge in [-0.25, -0.2) is 13.4 Å². The second-order valence-electron chi connectivity index (χ2n) is 4.61. The molecule has 0 aliphatic rings. The summed E-state index contributed by atoms with van der Waals surface area (Å²) in [6, 6.07) is 7.83. The molecule has 0 fully saturated rings. The Morgan fingerprint density at radius 2 is 1.83 bits per heavy atom. The molecule has 0 aliphatic carbocycles. The molecule has 0 aliphatic heterocycles. The third-order valence-electron chi connectivity index (χ3n) is 2.91. The second-order valence-corrected chi connectivity index (χ2v) is 6.62. The fourth-order valence-electron chi connectivity index (χ4n) is 1.76. The maximum atomic E-state index is 12.9. The normalized spacial score (nSPS) is 12.0. The fraction of sp³-hybridized carbons (Fsp3) is 0.214. The molecule has 124 valence electrons. The van der Waals surface area contributed by atoms with Crippen LogP contribution < -0.4 is 10.0 Å². The Kier molecular flexibility index (Phi) is 4.79. The van der Waals surface area contributed by atoms with Crippen molar-refractivity contribution in [1.82, 2.24) is 4.98 Å². The van der Waals surface area contributed by atoms with Gasteiger partial charge in [0.05, 0.1) is 28.9 Å².